The predicted octanol–water partition coefficient (Wildman–Crippen LogP) is -4.98. The van der Waals surface area contributed by atoms with Gasteiger partial charge in [0.1, 0.15) is 42.3 Å². The number of nitrogens with zero attached hydrogens (tertiary/aromatic N) is 1. The van der Waals surface area contributed by atoms with Gasteiger partial charge < -0.3 is 75.7 Å². The fourth-order valence-corrected chi connectivity index (χ4v) is 6.73. The van der Waals surface area contributed by atoms with Crippen molar-refractivity contribution in [3.05, 3.63) is 0 Å². The molecular formula is C39H69N13O13S3. The van der Waals surface area contributed by atoms with Crippen LogP contribution in [0.5, 0.6) is 0 Å². The number of aliphatic imine (C=N–C) groups is 1. The van der Waals surface area contributed by atoms with Crippen LogP contribution in [0.2, 0.25) is 0 Å². The first-order chi connectivity index (χ1) is 31.8. The molecule has 386 valence electrons. The first-order valence-electron chi connectivity index (χ1n) is 21.5. The molecule has 9 amide bonds. The third-order valence-electron chi connectivity index (χ3n) is 9.95. The van der Waals surface area contributed by atoms with E-state index in [4.69, 9.17) is 22.9 Å². The highest BCUT2D eigenvalue weighted by Gasteiger charge is 2.35. The second-order valence-corrected chi connectivity index (χ2v) is 17.5. The SMILES string of the molecule is CC[C@H](C)[C@H](NC(=O)[C@H](NC(=O)[C@H](N)CS)C(C)C)C(=O)N[C@H](CCCN=C(N)N)C(=O)NCC(=O)N[C@H](CC(N)=O)C(=O)N[C@H](CCSC)C(=O)N[C@H](CCC(=O)O)C(=O)N[C@H](CS)C(=O)O. The van der Waals surface area contributed by atoms with Crippen molar-refractivity contribution in [1.82, 2.24) is 42.5 Å². The molecule has 0 aliphatic heterocycles. The third kappa shape index (κ3) is 24.5. The summed E-state index contributed by atoms with van der Waals surface area (Å²) in [5, 5.41) is 37.9. The van der Waals surface area contributed by atoms with Gasteiger partial charge in [0.15, 0.2) is 5.96 Å². The number of hydrogen-bond acceptors (Lipinski definition) is 16. The van der Waals surface area contributed by atoms with E-state index in [0.717, 1.165) is 0 Å². The molecule has 0 fully saturated rings. The Kier molecular flexibility index (Phi) is 30.3. The number of carbonyl (C=O) groups is 11. The number of nitrogens with one attached hydrogen (secondary N) is 8. The fourth-order valence-electron chi connectivity index (χ4n) is 5.85. The Bertz CT molecular complexity index is 1790. The molecule has 29 heteroatoms. The van der Waals surface area contributed by atoms with Crippen molar-refractivity contribution < 1.29 is 63.0 Å². The molecule has 26 nitrogen and oxygen atoms in total. The maximum absolute atomic E-state index is 13.8. The maximum Gasteiger partial charge on any atom is 0.327 e. The normalized spacial score (nSPS) is 14.9. The summed E-state index contributed by atoms with van der Waals surface area (Å²) in [6, 6.07) is -10.9. The first kappa shape index (κ1) is 62.4. The molecule has 68 heavy (non-hydrogen) atoms. The minimum absolute atomic E-state index is 0.00908. The molecule has 0 aromatic rings. The van der Waals surface area contributed by atoms with Crippen LogP contribution in [-0.2, 0) is 52.7 Å². The van der Waals surface area contributed by atoms with Crippen molar-refractivity contribution in [2.75, 3.05) is 36.6 Å². The molecule has 0 aliphatic rings. The van der Waals surface area contributed by atoms with Crippen LogP contribution < -0.4 is 65.5 Å². The topological polar surface area (TPSA) is 441 Å². The van der Waals surface area contributed by atoms with Crippen molar-refractivity contribution in [2.45, 2.75) is 121 Å². The summed E-state index contributed by atoms with van der Waals surface area (Å²) < 4.78 is 0. The Labute approximate surface area is 409 Å². The van der Waals surface area contributed by atoms with Crippen molar-refractivity contribution in [3.63, 3.8) is 0 Å². The van der Waals surface area contributed by atoms with E-state index in [-0.39, 0.29) is 49.0 Å². The highest BCUT2D eigenvalue weighted by molar-refractivity contribution is 7.98. The van der Waals surface area contributed by atoms with Crippen LogP contribution in [0.25, 0.3) is 0 Å². The van der Waals surface area contributed by atoms with Crippen LogP contribution in [-0.4, -0.2) is 166 Å². The summed E-state index contributed by atoms with van der Waals surface area (Å²) in [5.41, 5.74) is 22.0. The van der Waals surface area contributed by atoms with Gasteiger partial charge in [0.05, 0.1) is 19.0 Å². The lowest BCUT2D eigenvalue weighted by Gasteiger charge is -2.29. The summed E-state index contributed by atoms with van der Waals surface area (Å²) in [4.78, 5) is 145. The lowest BCUT2D eigenvalue weighted by molar-refractivity contribution is -0.142. The average Bonchev–Trinajstić information content (AvgIpc) is 3.27. The number of amides is 9. The molecule has 0 rings (SSSR count). The van der Waals surface area contributed by atoms with Gasteiger partial charge in [-0.05, 0) is 49.5 Å². The number of hydrogen-bond donors (Lipinski definition) is 16. The second kappa shape index (κ2) is 33.0. The Morgan fingerprint density at radius 2 is 1.15 bits per heavy atom. The molecule has 0 aromatic carbocycles. The smallest absolute Gasteiger partial charge is 0.327 e. The Hall–Kier alpha value is -5.55. The number of carbonyl (C=O) groups excluding carboxylic acids is 9. The minimum Gasteiger partial charge on any atom is -0.481 e. The van der Waals surface area contributed by atoms with Gasteiger partial charge in [-0.25, -0.2) is 4.79 Å². The van der Waals surface area contributed by atoms with Crippen molar-refractivity contribution in [1.29, 1.82) is 0 Å². The lowest BCUT2D eigenvalue weighted by Crippen LogP contribution is -2.60. The number of aliphatic carboxylic acids is 2. The van der Waals surface area contributed by atoms with Crippen molar-refractivity contribution >= 4 is 108 Å². The molecule has 0 heterocycles. The van der Waals surface area contributed by atoms with Crippen LogP contribution >= 0.6 is 37.0 Å². The number of thioether (sulfide) groups is 1. The molecule has 0 saturated carbocycles. The van der Waals surface area contributed by atoms with E-state index in [9.17, 15) is 63.0 Å². The molecule has 0 saturated heterocycles. The van der Waals surface area contributed by atoms with Crippen LogP contribution in [0, 0.1) is 11.8 Å². The summed E-state index contributed by atoms with van der Waals surface area (Å²) in [6.45, 7) is 6.01. The van der Waals surface area contributed by atoms with E-state index in [0.29, 0.717) is 6.42 Å². The van der Waals surface area contributed by atoms with Crippen molar-refractivity contribution in [3.8, 4) is 0 Å². The summed E-state index contributed by atoms with van der Waals surface area (Å²) in [7, 11) is 0. The average molecular weight is 1020 g/mol. The third-order valence-corrected chi connectivity index (χ3v) is 11.4. The lowest BCUT2D eigenvalue weighted by atomic mass is 9.95. The number of carboxylic acids is 2. The highest BCUT2D eigenvalue weighted by Crippen LogP contribution is 2.12. The van der Waals surface area contributed by atoms with Gasteiger partial charge in [-0.3, -0.25) is 52.9 Å². The van der Waals surface area contributed by atoms with Gasteiger partial charge in [0, 0.05) is 24.5 Å². The molecule has 0 radical (unpaired) electrons. The number of rotatable bonds is 34. The number of thiol groups is 2. The number of guanidine groups is 1. The molecular weight excluding hydrogens is 955 g/mol. The standard InChI is InChI=1S/C39H69N13O13S3/c1-6-19(4)30(52-36(62)29(18(2)3)51-31(57)20(40)16-66)37(63)49-21(8-7-12-44-39(42)43)32(58)45-15-27(54)46-24(14-26(41)53)35(61)48-23(11-13-68-5)34(60)47-22(9-10-28(55)56)33(59)50-25(17-67)38(64)65/h18-25,29-30,66-67H,6-17,40H2,1-5H3,(H2,41,53)(H,45,58)(H,46,54)(H,47,60)(H,48,61)(H,49,63)(H,50,59)(H,51,57)(H,52,62)(H,55,56)(H,64,65)(H4,42,43,44)/t19-,20+,21+,22+,23+,24+,25+,29+,30-/m0/s1. The van der Waals surface area contributed by atoms with E-state index in [1.807, 2.05) is 0 Å². The van der Waals surface area contributed by atoms with E-state index < -0.39 is 151 Å². The summed E-state index contributed by atoms with van der Waals surface area (Å²) in [5.74, 6) is -12.2. The highest BCUT2D eigenvalue weighted by atomic mass is 32.2. The molecule has 18 N–H and O–H groups in total. The monoisotopic (exact) mass is 1020 g/mol. The Balaban J connectivity index is 6.35. The minimum atomic E-state index is -1.72. The van der Waals surface area contributed by atoms with E-state index >= 15 is 0 Å². The maximum atomic E-state index is 13.8. The van der Waals surface area contributed by atoms with E-state index in [2.05, 4.69) is 72.8 Å². The molecule has 0 aliphatic carbocycles. The quantitative estimate of drug-likeness (QED) is 0.0124. The molecule has 0 unspecified atom stereocenters. The Morgan fingerprint density at radius 1 is 0.632 bits per heavy atom. The first-order valence-corrected chi connectivity index (χ1v) is 24.1. The molecule has 0 aromatic heterocycles. The largest absolute Gasteiger partial charge is 0.481 e. The Morgan fingerprint density at radius 3 is 1.63 bits per heavy atom. The van der Waals surface area contributed by atoms with Gasteiger partial charge in [0.25, 0.3) is 0 Å². The zero-order chi connectivity index (χ0) is 52.3. The zero-order valence-electron chi connectivity index (χ0n) is 38.7. The van der Waals surface area contributed by atoms with Crippen LogP contribution in [0.1, 0.15) is 72.6 Å². The van der Waals surface area contributed by atoms with Crippen LogP contribution in [0.15, 0.2) is 4.99 Å². The van der Waals surface area contributed by atoms with Gasteiger partial charge in [0.2, 0.25) is 53.2 Å². The fraction of sp³-hybridized carbons (Fsp3) is 0.692. The van der Waals surface area contributed by atoms with Gasteiger partial charge in [-0.2, -0.15) is 37.0 Å². The van der Waals surface area contributed by atoms with E-state index in [1.165, 1.54) is 11.8 Å². The predicted molar refractivity (Wildman–Crippen MR) is 258 cm³/mol. The second-order valence-electron chi connectivity index (χ2n) is 15.8. The number of nitrogens with two attached hydrogens (primary N) is 4. The summed E-state index contributed by atoms with van der Waals surface area (Å²) >= 11 is 9.16. The van der Waals surface area contributed by atoms with Crippen LogP contribution in [0.3, 0.4) is 0 Å². The molecule has 9 atom stereocenters. The van der Waals surface area contributed by atoms with Crippen LogP contribution in [0.4, 0.5) is 0 Å². The number of carboxylic acid groups (broad SMARTS) is 2. The van der Waals surface area contributed by atoms with Crippen molar-refractivity contribution in [2.24, 2.45) is 39.8 Å². The van der Waals surface area contributed by atoms with Gasteiger partial charge in [-0.1, -0.05) is 34.1 Å². The summed E-state index contributed by atoms with van der Waals surface area (Å²) in [6.07, 6.45) is 0.192. The molecule has 0 bridgehead atoms. The molecule has 0 spiro atoms. The van der Waals surface area contributed by atoms with E-state index in [1.54, 1.807) is 34.0 Å². The van der Waals surface area contributed by atoms with Gasteiger partial charge >= 0.3 is 11.9 Å². The number of primary amides is 1. The zero-order valence-corrected chi connectivity index (χ0v) is 41.3. The van der Waals surface area contributed by atoms with Gasteiger partial charge in [-0.15, -0.1) is 0 Å².